The van der Waals surface area contributed by atoms with E-state index in [1.165, 1.54) is 0 Å². The summed E-state index contributed by atoms with van der Waals surface area (Å²) < 4.78 is 0. The fourth-order valence-corrected chi connectivity index (χ4v) is 3.49. The average molecular weight is 385 g/mol. The van der Waals surface area contributed by atoms with Crippen LogP contribution in [0, 0.1) is 5.92 Å². The Morgan fingerprint density at radius 2 is 2.04 bits per heavy atom. The predicted octanol–water partition coefficient (Wildman–Crippen LogP) is 2.17. The van der Waals surface area contributed by atoms with Crippen LogP contribution in [0.25, 0.3) is 0 Å². The predicted molar refractivity (Wildman–Crippen MR) is 107 cm³/mol. The third-order valence-electron chi connectivity index (χ3n) is 4.57. The van der Waals surface area contributed by atoms with Gasteiger partial charge in [-0.2, -0.15) is 0 Å². The maximum Gasteiger partial charge on any atom is 0.313 e. The molecule has 0 atom stereocenters. The monoisotopic (exact) mass is 385 g/mol. The van der Waals surface area contributed by atoms with Gasteiger partial charge in [-0.05, 0) is 43.2 Å². The average Bonchev–Trinajstić information content (AvgIpc) is 2.73. The number of hydrogen-bond donors (Lipinski definition) is 2. The molecule has 0 spiro atoms. The molecule has 142 valence electrons. The number of carbonyl (C=O) groups excluding carboxylic acids is 2. The van der Waals surface area contributed by atoms with Gasteiger partial charge in [0, 0.05) is 42.6 Å². The standard InChI is InChI=1S/C19H23N5O2S/c1-27-16-4-2-3-15(11-16)23-19(26)18(25)22-12-14-5-9-24(10-6-14)17-13-20-7-8-21-17/h2-4,7-8,11,13-14H,5-6,9-10,12H2,1H3,(H,22,25)(H,23,26). The van der Waals surface area contributed by atoms with Gasteiger partial charge in [0.1, 0.15) is 5.82 Å². The van der Waals surface area contributed by atoms with Crippen molar-refractivity contribution in [3.05, 3.63) is 42.9 Å². The minimum absolute atomic E-state index is 0.356. The van der Waals surface area contributed by atoms with Crippen molar-refractivity contribution in [3.8, 4) is 0 Å². The van der Waals surface area contributed by atoms with Gasteiger partial charge in [-0.25, -0.2) is 4.98 Å². The number of rotatable bonds is 5. The van der Waals surface area contributed by atoms with E-state index in [9.17, 15) is 9.59 Å². The first kappa shape index (κ1) is 19.2. The summed E-state index contributed by atoms with van der Waals surface area (Å²) in [6, 6.07) is 7.42. The lowest BCUT2D eigenvalue weighted by Crippen LogP contribution is -2.42. The number of hydrogen-bond acceptors (Lipinski definition) is 6. The molecule has 1 fully saturated rings. The third-order valence-corrected chi connectivity index (χ3v) is 5.30. The lowest BCUT2D eigenvalue weighted by Gasteiger charge is -2.32. The van der Waals surface area contributed by atoms with Crippen molar-refractivity contribution in [3.63, 3.8) is 0 Å². The Morgan fingerprint density at radius 3 is 2.74 bits per heavy atom. The minimum Gasteiger partial charge on any atom is -0.355 e. The molecule has 2 amide bonds. The van der Waals surface area contributed by atoms with Crippen molar-refractivity contribution in [1.29, 1.82) is 0 Å². The Hall–Kier alpha value is -2.61. The van der Waals surface area contributed by atoms with E-state index in [0.717, 1.165) is 36.6 Å². The van der Waals surface area contributed by atoms with Crippen LogP contribution in [0.4, 0.5) is 11.5 Å². The SMILES string of the molecule is CSc1cccc(NC(=O)C(=O)NCC2CCN(c3cnccn3)CC2)c1. The van der Waals surface area contributed by atoms with Crippen molar-refractivity contribution in [2.75, 3.05) is 36.1 Å². The molecule has 1 aromatic carbocycles. The summed E-state index contributed by atoms with van der Waals surface area (Å²) in [4.78, 5) is 35.8. The summed E-state index contributed by atoms with van der Waals surface area (Å²) in [5.74, 6) is 0.00693. The minimum atomic E-state index is -0.634. The molecular formula is C19H23N5O2S. The summed E-state index contributed by atoms with van der Waals surface area (Å²) in [7, 11) is 0. The van der Waals surface area contributed by atoms with Gasteiger partial charge < -0.3 is 15.5 Å². The maximum absolute atomic E-state index is 12.1. The number of anilines is 2. The molecule has 1 aromatic heterocycles. The van der Waals surface area contributed by atoms with E-state index in [-0.39, 0.29) is 0 Å². The zero-order valence-electron chi connectivity index (χ0n) is 15.2. The van der Waals surface area contributed by atoms with Gasteiger partial charge in [0.2, 0.25) is 0 Å². The van der Waals surface area contributed by atoms with Crippen LogP contribution in [-0.4, -0.2) is 47.7 Å². The fraction of sp³-hybridized carbons (Fsp3) is 0.368. The topological polar surface area (TPSA) is 87.2 Å². The highest BCUT2D eigenvalue weighted by atomic mass is 32.2. The van der Waals surface area contributed by atoms with E-state index in [0.29, 0.717) is 18.2 Å². The highest BCUT2D eigenvalue weighted by Gasteiger charge is 2.22. The number of piperidine rings is 1. The molecule has 0 saturated carbocycles. The largest absolute Gasteiger partial charge is 0.355 e. The molecule has 2 heterocycles. The van der Waals surface area contributed by atoms with Crippen LogP contribution in [0.15, 0.2) is 47.8 Å². The zero-order valence-corrected chi connectivity index (χ0v) is 16.0. The van der Waals surface area contributed by atoms with Crippen LogP contribution in [-0.2, 0) is 9.59 Å². The second-order valence-corrected chi connectivity index (χ2v) is 7.27. The third kappa shape index (κ3) is 5.43. The normalized spacial score (nSPS) is 14.6. The molecule has 8 heteroatoms. The number of carbonyl (C=O) groups is 2. The van der Waals surface area contributed by atoms with Gasteiger partial charge in [-0.1, -0.05) is 6.07 Å². The van der Waals surface area contributed by atoms with E-state index < -0.39 is 11.8 Å². The summed E-state index contributed by atoms with van der Waals surface area (Å²) in [6.45, 7) is 2.24. The molecule has 2 aromatic rings. The quantitative estimate of drug-likeness (QED) is 0.606. The number of nitrogens with one attached hydrogen (secondary N) is 2. The number of amides is 2. The highest BCUT2D eigenvalue weighted by molar-refractivity contribution is 7.98. The molecule has 1 aliphatic heterocycles. The second kappa shape index (κ2) is 9.36. The molecule has 1 saturated heterocycles. The van der Waals surface area contributed by atoms with E-state index in [2.05, 4.69) is 25.5 Å². The Bertz CT molecular complexity index is 779. The Kier molecular flexibility index (Phi) is 6.64. The highest BCUT2D eigenvalue weighted by Crippen LogP contribution is 2.21. The molecule has 3 rings (SSSR count). The zero-order chi connectivity index (χ0) is 19.1. The van der Waals surface area contributed by atoms with Gasteiger partial charge in [-0.15, -0.1) is 11.8 Å². The lowest BCUT2D eigenvalue weighted by molar-refractivity contribution is -0.136. The Labute approximate surface area is 163 Å². The molecule has 2 N–H and O–H groups in total. The first-order chi connectivity index (χ1) is 13.2. The molecule has 0 aliphatic carbocycles. The van der Waals surface area contributed by atoms with Gasteiger partial charge in [0.25, 0.3) is 0 Å². The van der Waals surface area contributed by atoms with Gasteiger partial charge in [-0.3, -0.25) is 14.6 Å². The summed E-state index contributed by atoms with van der Waals surface area (Å²) in [5, 5.41) is 5.40. The summed E-state index contributed by atoms with van der Waals surface area (Å²) in [6.07, 6.45) is 8.95. The molecule has 0 radical (unpaired) electrons. The van der Waals surface area contributed by atoms with Crippen LogP contribution < -0.4 is 15.5 Å². The van der Waals surface area contributed by atoms with E-state index in [1.54, 1.807) is 36.4 Å². The van der Waals surface area contributed by atoms with Crippen LogP contribution in [0.5, 0.6) is 0 Å². The maximum atomic E-state index is 12.1. The second-order valence-electron chi connectivity index (χ2n) is 6.39. The van der Waals surface area contributed by atoms with Crippen molar-refractivity contribution in [2.24, 2.45) is 5.92 Å². The van der Waals surface area contributed by atoms with E-state index >= 15 is 0 Å². The Morgan fingerprint density at radius 1 is 1.22 bits per heavy atom. The van der Waals surface area contributed by atoms with Crippen LogP contribution >= 0.6 is 11.8 Å². The van der Waals surface area contributed by atoms with E-state index in [1.807, 2.05) is 24.5 Å². The summed E-state index contributed by atoms with van der Waals surface area (Å²) in [5.41, 5.74) is 0.624. The first-order valence-electron chi connectivity index (χ1n) is 8.90. The van der Waals surface area contributed by atoms with Gasteiger partial charge >= 0.3 is 11.8 Å². The lowest BCUT2D eigenvalue weighted by atomic mass is 9.97. The summed E-state index contributed by atoms with van der Waals surface area (Å²) >= 11 is 1.58. The van der Waals surface area contributed by atoms with Crippen molar-refractivity contribution >= 4 is 35.1 Å². The first-order valence-corrected chi connectivity index (χ1v) is 10.1. The smallest absolute Gasteiger partial charge is 0.313 e. The van der Waals surface area contributed by atoms with Gasteiger partial charge in [0.05, 0.1) is 6.20 Å². The number of nitrogens with zero attached hydrogens (tertiary/aromatic N) is 3. The number of thioether (sulfide) groups is 1. The Balaban J connectivity index is 1.42. The molecule has 1 aliphatic rings. The van der Waals surface area contributed by atoms with Crippen molar-refractivity contribution in [1.82, 2.24) is 15.3 Å². The van der Waals surface area contributed by atoms with Crippen molar-refractivity contribution < 1.29 is 9.59 Å². The molecular weight excluding hydrogens is 362 g/mol. The van der Waals surface area contributed by atoms with Crippen molar-refractivity contribution in [2.45, 2.75) is 17.7 Å². The van der Waals surface area contributed by atoms with Crippen LogP contribution in [0.1, 0.15) is 12.8 Å². The van der Waals surface area contributed by atoms with Gasteiger partial charge in [0.15, 0.2) is 0 Å². The van der Waals surface area contributed by atoms with Crippen LogP contribution in [0.2, 0.25) is 0 Å². The molecule has 27 heavy (non-hydrogen) atoms. The molecule has 0 bridgehead atoms. The number of benzene rings is 1. The van der Waals surface area contributed by atoms with Crippen LogP contribution in [0.3, 0.4) is 0 Å². The molecule has 0 unspecified atom stereocenters. The fourth-order valence-electron chi connectivity index (χ4n) is 3.03. The van der Waals surface area contributed by atoms with E-state index in [4.69, 9.17) is 0 Å². The molecule has 7 nitrogen and oxygen atoms in total. The number of aromatic nitrogens is 2.